The molecule has 27 heavy (non-hydrogen) atoms. The summed E-state index contributed by atoms with van der Waals surface area (Å²) in [5.74, 6) is -0.656. The van der Waals surface area contributed by atoms with Crippen molar-refractivity contribution in [1.29, 1.82) is 0 Å². The molecular formula is C18H23ClF3N3O2. The number of amides is 2. The molecule has 0 bridgehead atoms. The number of carbonyl (C=O) groups excluding carboxylic acids is 2. The zero-order valence-corrected chi connectivity index (χ0v) is 15.8. The number of alkyl halides is 3. The Bertz CT molecular complexity index is 699. The molecule has 2 unspecified atom stereocenters. The van der Waals surface area contributed by atoms with E-state index in [9.17, 15) is 22.8 Å². The van der Waals surface area contributed by atoms with Crippen LogP contribution in [0.3, 0.4) is 0 Å². The summed E-state index contributed by atoms with van der Waals surface area (Å²) in [6.45, 7) is 4.36. The zero-order chi connectivity index (χ0) is 18.9. The van der Waals surface area contributed by atoms with Gasteiger partial charge in [0, 0.05) is 45.2 Å². The van der Waals surface area contributed by atoms with E-state index in [1.807, 2.05) is 6.92 Å². The number of hydrogen-bond donors (Lipinski definition) is 1. The number of halogens is 4. The summed E-state index contributed by atoms with van der Waals surface area (Å²) < 4.78 is 38.5. The molecule has 1 N–H and O–H groups in total. The zero-order valence-electron chi connectivity index (χ0n) is 15.0. The van der Waals surface area contributed by atoms with Gasteiger partial charge in [-0.1, -0.05) is 12.1 Å². The second kappa shape index (κ2) is 8.48. The van der Waals surface area contributed by atoms with E-state index in [4.69, 9.17) is 0 Å². The number of piperazine rings is 1. The molecule has 0 aliphatic carbocycles. The van der Waals surface area contributed by atoms with E-state index >= 15 is 0 Å². The molecule has 9 heteroatoms. The van der Waals surface area contributed by atoms with Crippen molar-refractivity contribution in [2.75, 3.05) is 26.2 Å². The van der Waals surface area contributed by atoms with Crippen molar-refractivity contribution < 1.29 is 22.8 Å². The Hall–Kier alpha value is -1.80. The summed E-state index contributed by atoms with van der Waals surface area (Å²) in [6.07, 6.45) is -4.30. The van der Waals surface area contributed by atoms with E-state index in [1.165, 1.54) is 11.0 Å². The van der Waals surface area contributed by atoms with Crippen LogP contribution < -0.4 is 5.32 Å². The third-order valence-corrected chi connectivity index (χ3v) is 4.98. The molecule has 2 aliphatic heterocycles. The second-order valence-corrected chi connectivity index (χ2v) is 6.96. The molecule has 0 spiro atoms. The van der Waals surface area contributed by atoms with Gasteiger partial charge >= 0.3 is 6.18 Å². The van der Waals surface area contributed by atoms with Gasteiger partial charge in [-0.25, -0.2) is 0 Å². The highest BCUT2D eigenvalue weighted by atomic mass is 35.5. The highest BCUT2D eigenvalue weighted by Crippen LogP contribution is 2.30. The van der Waals surface area contributed by atoms with Crippen LogP contribution in [0.4, 0.5) is 13.2 Å². The van der Waals surface area contributed by atoms with Gasteiger partial charge in [0.2, 0.25) is 11.8 Å². The minimum Gasteiger partial charge on any atom is -0.338 e. The summed E-state index contributed by atoms with van der Waals surface area (Å²) in [5.41, 5.74) is -0.319. The molecule has 2 atom stereocenters. The lowest BCUT2D eigenvalue weighted by atomic mass is 10.0. The first-order chi connectivity index (χ1) is 12.3. The summed E-state index contributed by atoms with van der Waals surface area (Å²) in [4.78, 5) is 28.2. The number of benzene rings is 1. The molecule has 0 aromatic heterocycles. The molecular weight excluding hydrogens is 383 g/mol. The van der Waals surface area contributed by atoms with Gasteiger partial charge in [-0.3, -0.25) is 9.59 Å². The Morgan fingerprint density at radius 2 is 2.07 bits per heavy atom. The molecule has 150 valence electrons. The Kier molecular flexibility index (Phi) is 6.75. The van der Waals surface area contributed by atoms with Gasteiger partial charge in [0.05, 0.1) is 11.5 Å². The second-order valence-electron chi connectivity index (χ2n) is 6.96. The molecule has 3 rings (SSSR count). The molecule has 2 saturated heterocycles. The normalized spacial score (nSPS) is 23.3. The summed E-state index contributed by atoms with van der Waals surface area (Å²) in [6, 6.07) is 5.04. The van der Waals surface area contributed by atoms with Crippen LogP contribution in [0.25, 0.3) is 0 Å². The van der Waals surface area contributed by atoms with E-state index in [1.54, 1.807) is 11.0 Å². The monoisotopic (exact) mass is 405 g/mol. The largest absolute Gasteiger partial charge is 0.416 e. The van der Waals surface area contributed by atoms with Gasteiger partial charge < -0.3 is 15.1 Å². The molecule has 1 aromatic rings. The Balaban J connectivity index is 0.00000261. The van der Waals surface area contributed by atoms with Crippen LogP contribution in [0, 0.1) is 5.92 Å². The SMILES string of the molecule is CC1CNCCN1C(=O)C1CC(=O)N(Cc2cccc(C(F)(F)F)c2)C1.Cl. The number of nitrogens with one attached hydrogen (secondary N) is 1. The standard InChI is InChI=1S/C18H22F3N3O2.ClH/c1-12-9-22-5-6-24(12)17(26)14-8-16(25)23(11-14)10-13-3-2-4-15(7-13)18(19,20)21;/h2-4,7,12,14,22H,5-6,8-11H2,1H3;1H. The molecule has 2 fully saturated rings. The average Bonchev–Trinajstić information content (AvgIpc) is 2.95. The van der Waals surface area contributed by atoms with Crippen LogP contribution >= 0.6 is 12.4 Å². The predicted octanol–water partition coefficient (Wildman–Crippen LogP) is 2.30. The highest BCUT2D eigenvalue weighted by molar-refractivity contribution is 5.89. The topological polar surface area (TPSA) is 52.7 Å². The van der Waals surface area contributed by atoms with Crippen LogP contribution in [0.15, 0.2) is 24.3 Å². The third kappa shape index (κ3) is 4.93. The van der Waals surface area contributed by atoms with Gasteiger partial charge in [-0.2, -0.15) is 13.2 Å². The van der Waals surface area contributed by atoms with Crippen molar-refractivity contribution in [2.45, 2.75) is 32.1 Å². The van der Waals surface area contributed by atoms with Crippen LogP contribution in [0.5, 0.6) is 0 Å². The first kappa shape index (κ1) is 21.5. The molecule has 0 radical (unpaired) electrons. The van der Waals surface area contributed by atoms with Crippen LogP contribution in [0.2, 0.25) is 0 Å². The van der Waals surface area contributed by atoms with E-state index in [-0.39, 0.29) is 49.8 Å². The van der Waals surface area contributed by atoms with Crippen molar-refractivity contribution in [1.82, 2.24) is 15.1 Å². The molecule has 0 saturated carbocycles. The van der Waals surface area contributed by atoms with Crippen molar-refractivity contribution in [2.24, 2.45) is 5.92 Å². The number of rotatable bonds is 3. The van der Waals surface area contributed by atoms with E-state index in [0.717, 1.165) is 25.2 Å². The van der Waals surface area contributed by atoms with E-state index in [2.05, 4.69) is 5.32 Å². The third-order valence-electron chi connectivity index (χ3n) is 4.98. The average molecular weight is 406 g/mol. The smallest absolute Gasteiger partial charge is 0.338 e. The first-order valence-electron chi connectivity index (χ1n) is 8.71. The molecule has 2 amide bonds. The molecule has 2 aliphatic rings. The van der Waals surface area contributed by atoms with Crippen LogP contribution in [0.1, 0.15) is 24.5 Å². The van der Waals surface area contributed by atoms with E-state index < -0.39 is 17.7 Å². The Labute approximate surface area is 162 Å². The maximum atomic E-state index is 12.8. The minimum absolute atomic E-state index is 0. The lowest BCUT2D eigenvalue weighted by molar-refractivity contribution is -0.138. The first-order valence-corrected chi connectivity index (χ1v) is 8.71. The number of nitrogens with zero attached hydrogens (tertiary/aromatic N) is 2. The quantitative estimate of drug-likeness (QED) is 0.839. The fraction of sp³-hybridized carbons (Fsp3) is 0.556. The highest BCUT2D eigenvalue weighted by Gasteiger charge is 2.38. The summed E-state index contributed by atoms with van der Waals surface area (Å²) in [7, 11) is 0. The maximum Gasteiger partial charge on any atom is 0.416 e. The van der Waals surface area contributed by atoms with Gasteiger partial charge in [0.25, 0.3) is 0 Å². The van der Waals surface area contributed by atoms with Gasteiger partial charge in [-0.15, -0.1) is 12.4 Å². The Morgan fingerprint density at radius 1 is 1.33 bits per heavy atom. The maximum absolute atomic E-state index is 12.8. The number of carbonyl (C=O) groups is 2. The molecule has 5 nitrogen and oxygen atoms in total. The lowest BCUT2D eigenvalue weighted by Crippen LogP contribution is -2.54. The van der Waals surface area contributed by atoms with Crippen molar-refractivity contribution >= 4 is 24.2 Å². The number of hydrogen-bond acceptors (Lipinski definition) is 3. The fourth-order valence-electron chi connectivity index (χ4n) is 3.56. The Morgan fingerprint density at radius 3 is 2.74 bits per heavy atom. The predicted molar refractivity (Wildman–Crippen MR) is 96.3 cm³/mol. The van der Waals surface area contributed by atoms with Gasteiger partial charge in [0.15, 0.2) is 0 Å². The summed E-state index contributed by atoms with van der Waals surface area (Å²) in [5, 5.41) is 3.21. The lowest BCUT2D eigenvalue weighted by Gasteiger charge is -2.35. The van der Waals surface area contributed by atoms with Crippen molar-refractivity contribution in [3.63, 3.8) is 0 Å². The van der Waals surface area contributed by atoms with Gasteiger partial charge in [0.1, 0.15) is 0 Å². The van der Waals surface area contributed by atoms with Crippen molar-refractivity contribution in [3.05, 3.63) is 35.4 Å². The van der Waals surface area contributed by atoms with Crippen LogP contribution in [-0.4, -0.2) is 53.8 Å². The fourth-order valence-corrected chi connectivity index (χ4v) is 3.56. The summed E-state index contributed by atoms with van der Waals surface area (Å²) >= 11 is 0. The minimum atomic E-state index is -4.41. The van der Waals surface area contributed by atoms with Crippen LogP contribution in [-0.2, 0) is 22.3 Å². The van der Waals surface area contributed by atoms with Crippen molar-refractivity contribution in [3.8, 4) is 0 Å². The number of likely N-dealkylation sites (tertiary alicyclic amines) is 1. The molecule has 1 aromatic carbocycles. The van der Waals surface area contributed by atoms with E-state index in [0.29, 0.717) is 12.1 Å². The van der Waals surface area contributed by atoms with Gasteiger partial charge in [-0.05, 0) is 24.6 Å². The molecule has 2 heterocycles.